The van der Waals surface area contributed by atoms with E-state index in [0.29, 0.717) is 12.4 Å². The van der Waals surface area contributed by atoms with Crippen LogP contribution >= 0.6 is 15.9 Å². The summed E-state index contributed by atoms with van der Waals surface area (Å²) in [6.07, 6.45) is 1.97. The van der Waals surface area contributed by atoms with Crippen LogP contribution in [-0.4, -0.2) is 12.1 Å². The van der Waals surface area contributed by atoms with E-state index in [1.807, 2.05) is 0 Å². The fourth-order valence-electron chi connectivity index (χ4n) is 1.11. The summed E-state index contributed by atoms with van der Waals surface area (Å²) in [5.41, 5.74) is 5.67. The lowest BCUT2D eigenvalue weighted by molar-refractivity contribution is 0.276. The van der Waals surface area contributed by atoms with E-state index in [1.165, 1.54) is 12.1 Å². The molecule has 1 aliphatic rings. The van der Waals surface area contributed by atoms with Crippen molar-refractivity contribution in [3.63, 3.8) is 0 Å². The average Bonchev–Trinajstić information content (AvgIpc) is 2.87. The molecule has 1 aromatic carbocycles. The Balaban J connectivity index is 2.04. The van der Waals surface area contributed by atoms with E-state index >= 15 is 0 Å². The Morgan fingerprint density at radius 2 is 2.21 bits per heavy atom. The summed E-state index contributed by atoms with van der Waals surface area (Å²) in [5, 5.41) is 0. The molecule has 0 unspecified atom stereocenters. The third-order valence-electron chi connectivity index (χ3n) is 2.30. The number of nitrogens with two attached hydrogens (primary N) is 1. The van der Waals surface area contributed by atoms with E-state index in [9.17, 15) is 4.39 Å². The van der Waals surface area contributed by atoms with Crippen molar-refractivity contribution >= 4 is 15.9 Å². The van der Waals surface area contributed by atoms with Gasteiger partial charge in [0.1, 0.15) is 18.2 Å². The number of halogens is 2. The molecule has 0 radical (unpaired) electrons. The van der Waals surface area contributed by atoms with Crippen molar-refractivity contribution in [2.24, 2.45) is 5.73 Å². The molecular formula is C10H11BrFNO. The molecule has 1 aromatic rings. The van der Waals surface area contributed by atoms with Gasteiger partial charge in [-0.1, -0.05) is 0 Å². The Labute approximate surface area is 90.4 Å². The van der Waals surface area contributed by atoms with E-state index in [1.54, 1.807) is 6.07 Å². The third-order valence-corrected chi connectivity index (χ3v) is 2.96. The highest BCUT2D eigenvalue weighted by Crippen LogP contribution is 2.34. The molecule has 0 aromatic heterocycles. The molecule has 2 rings (SSSR count). The van der Waals surface area contributed by atoms with Gasteiger partial charge < -0.3 is 10.5 Å². The Morgan fingerprint density at radius 1 is 1.50 bits per heavy atom. The van der Waals surface area contributed by atoms with Gasteiger partial charge in [0.05, 0.1) is 10.0 Å². The minimum Gasteiger partial charge on any atom is -0.490 e. The van der Waals surface area contributed by atoms with Gasteiger partial charge in [0.25, 0.3) is 0 Å². The average molecular weight is 260 g/mol. The van der Waals surface area contributed by atoms with Crippen LogP contribution in [0.25, 0.3) is 0 Å². The van der Waals surface area contributed by atoms with E-state index < -0.39 is 0 Å². The Kier molecular flexibility index (Phi) is 2.49. The highest BCUT2D eigenvalue weighted by atomic mass is 79.9. The summed E-state index contributed by atoms with van der Waals surface area (Å²) in [7, 11) is 0. The van der Waals surface area contributed by atoms with Crippen LogP contribution in [0.2, 0.25) is 0 Å². The normalized spacial score (nSPS) is 17.9. The first-order valence-electron chi connectivity index (χ1n) is 4.46. The van der Waals surface area contributed by atoms with Crippen LogP contribution in [0.15, 0.2) is 22.7 Å². The lowest BCUT2D eigenvalue weighted by Gasteiger charge is -2.12. The van der Waals surface area contributed by atoms with Gasteiger partial charge in [-0.25, -0.2) is 4.39 Å². The number of benzene rings is 1. The van der Waals surface area contributed by atoms with Crippen molar-refractivity contribution in [1.82, 2.24) is 0 Å². The largest absolute Gasteiger partial charge is 0.490 e. The maximum absolute atomic E-state index is 12.9. The van der Waals surface area contributed by atoms with Crippen LogP contribution in [0.4, 0.5) is 4.39 Å². The van der Waals surface area contributed by atoms with Gasteiger partial charge in [-0.2, -0.15) is 0 Å². The molecule has 0 saturated heterocycles. The van der Waals surface area contributed by atoms with E-state index in [-0.39, 0.29) is 11.4 Å². The summed E-state index contributed by atoms with van der Waals surface area (Å²) >= 11 is 3.29. The molecule has 0 atom stereocenters. The fraction of sp³-hybridized carbons (Fsp3) is 0.400. The molecule has 0 heterocycles. The van der Waals surface area contributed by atoms with Crippen molar-refractivity contribution in [1.29, 1.82) is 0 Å². The second-order valence-corrected chi connectivity index (χ2v) is 4.58. The lowest BCUT2D eigenvalue weighted by atomic mass is 10.3. The second kappa shape index (κ2) is 3.51. The molecule has 0 bridgehead atoms. The Morgan fingerprint density at radius 3 is 2.86 bits per heavy atom. The maximum atomic E-state index is 12.9. The first-order chi connectivity index (χ1) is 6.59. The molecule has 0 aliphatic heterocycles. The second-order valence-electron chi connectivity index (χ2n) is 3.73. The topological polar surface area (TPSA) is 35.2 Å². The predicted octanol–water partition coefficient (Wildman–Crippen LogP) is 2.46. The molecule has 1 aliphatic carbocycles. The Bertz CT molecular complexity index is 352. The maximum Gasteiger partial charge on any atom is 0.136 e. The van der Waals surface area contributed by atoms with Gasteiger partial charge in [0.2, 0.25) is 0 Å². The smallest absolute Gasteiger partial charge is 0.136 e. The van der Waals surface area contributed by atoms with Gasteiger partial charge in [-0.05, 0) is 40.9 Å². The highest BCUT2D eigenvalue weighted by Gasteiger charge is 2.39. The van der Waals surface area contributed by atoms with Crippen LogP contribution in [0.3, 0.4) is 0 Å². The van der Waals surface area contributed by atoms with Crippen LogP contribution in [-0.2, 0) is 0 Å². The summed E-state index contributed by atoms with van der Waals surface area (Å²) in [6, 6.07) is 4.36. The van der Waals surface area contributed by atoms with Crippen LogP contribution in [0.5, 0.6) is 5.75 Å². The SMILES string of the molecule is NC1(COc2cc(F)ccc2Br)CC1. The first kappa shape index (κ1) is 9.93. The summed E-state index contributed by atoms with van der Waals surface area (Å²) in [4.78, 5) is 0. The Hall–Kier alpha value is -0.610. The van der Waals surface area contributed by atoms with Crippen LogP contribution in [0.1, 0.15) is 12.8 Å². The number of hydrogen-bond donors (Lipinski definition) is 1. The third kappa shape index (κ3) is 2.25. The van der Waals surface area contributed by atoms with E-state index in [0.717, 1.165) is 17.3 Å². The van der Waals surface area contributed by atoms with Crippen molar-refractivity contribution in [3.05, 3.63) is 28.5 Å². The molecule has 1 saturated carbocycles. The molecule has 0 spiro atoms. The highest BCUT2D eigenvalue weighted by molar-refractivity contribution is 9.10. The number of ether oxygens (including phenoxy) is 1. The molecule has 1 fully saturated rings. The first-order valence-corrected chi connectivity index (χ1v) is 5.25. The van der Waals surface area contributed by atoms with Crippen LogP contribution in [0, 0.1) is 5.82 Å². The molecule has 4 heteroatoms. The molecule has 0 amide bonds. The van der Waals surface area contributed by atoms with Gasteiger partial charge in [0, 0.05) is 6.07 Å². The van der Waals surface area contributed by atoms with Crippen LogP contribution < -0.4 is 10.5 Å². The zero-order chi connectivity index (χ0) is 10.2. The van der Waals surface area contributed by atoms with Crippen molar-refractivity contribution in [2.75, 3.05) is 6.61 Å². The number of rotatable bonds is 3. The molecule has 2 N–H and O–H groups in total. The zero-order valence-corrected chi connectivity index (χ0v) is 9.18. The van der Waals surface area contributed by atoms with E-state index in [4.69, 9.17) is 10.5 Å². The van der Waals surface area contributed by atoms with Crippen molar-refractivity contribution in [3.8, 4) is 5.75 Å². The predicted molar refractivity (Wildman–Crippen MR) is 55.7 cm³/mol. The molecule has 14 heavy (non-hydrogen) atoms. The molecular weight excluding hydrogens is 249 g/mol. The summed E-state index contributed by atoms with van der Waals surface area (Å²) in [6.45, 7) is 0.453. The van der Waals surface area contributed by atoms with Crippen molar-refractivity contribution < 1.29 is 9.13 Å². The van der Waals surface area contributed by atoms with Gasteiger partial charge >= 0.3 is 0 Å². The van der Waals surface area contributed by atoms with Gasteiger partial charge in [-0.3, -0.25) is 0 Å². The van der Waals surface area contributed by atoms with Gasteiger partial charge in [0.15, 0.2) is 0 Å². The lowest BCUT2D eigenvalue weighted by Crippen LogP contribution is -2.29. The van der Waals surface area contributed by atoms with Gasteiger partial charge in [-0.15, -0.1) is 0 Å². The quantitative estimate of drug-likeness (QED) is 0.906. The minimum absolute atomic E-state index is 0.175. The molecule has 2 nitrogen and oxygen atoms in total. The minimum atomic E-state index is -0.301. The van der Waals surface area contributed by atoms with E-state index in [2.05, 4.69) is 15.9 Å². The standard InChI is InChI=1S/C10H11BrFNO/c11-8-2-1-7(12)5-9(8)14-6-10(13)3-4-10/h1-2,5H,3-4,6,13H2. The fourth-order valence-corrected chi connectivity index (χ4v) is 1.48. The monoisotopic (exact) mass is 259 g/mol. The molecule has 76 valence electrons. The zero-order valence-electron chi connectivity index (χ0n) is 7.59. The van der Waals surface area contributed by atoms with Crippen molar-refractivity contribution in [2.45, 2.75) is 18.4 Å². The number of hydrogen-bond acceptors (Lipinski definition) is 2. The summed E-state index contributed by atoms with van der Waals surface area (Å²) < 4.78 is 19.0. The summed E-state index contributed by atoms with van der Waals surface area (Å²) in [5.74, 6) is 0.215.